The summed E-state index contributed by atoms with van der Waals surface area (Å²) in [6.45, 7) is 13.5. The molecule has 2 aromatic heterocycles. The second kappa shape index (κ2) is 22.5. The molecule has 0 fully saturated rings. The molecule has 0 atom stereocenters. The number of nitrogens with zero attached hydrogens (tertiary/aromatic N) is 4. The molecule has 0 aliphatic carbocycles. The third-order valence-corrected chi connectivity index (χ3v) is 1.33. The zero-order valence-electron chi connectivity index (χ0n) is 9.73. The summed E-state index contributed by atoms with van der Waals surface area (Å²) in [4.78, 5) is 16.1. The maximum Gasteiger partial charge on any atom is 0.197 e. The van der Waals surface area contributed by atoms with Gasteiger partial charge < -0.3 is 0 Å². The first-order valence-electron chi connectivity index (χ1n) is 4.27. The summed E-state index contributed by atoms with van der Waals surface area (Å²) in [5, 5.41) is 0. The Labute approximate surface area is 130 Å². The molecular weight excluding hydrogens is 458 g/mol. The quantitative estimate of drug-likeness (QED) is 0.471. The molecule has 0 N–H and O–H groups in total. The minimum Gasteiger partial charge on any atom is -0.234 e. The maximum absolute atomic E-state index is 7.50. The molecule has 102 valence electrons. The van der Waals surface area contributed by atoms with E-state index < -0.39 is 0 Å². The van der Waals surface area contributed by atoms with Crippen LogP contribution in [0.5, 0.6) is 0 Å². The summed E-state index contributed by atoms with van der Waals surface area (Å²) in [7, 11) is 4.69. The summed E-state index contributed by atoms with van der Waals surface area (Å²) in [6, 6.07) is 3.51. The molecule has 0 aliphatic heterocycles. The first kappa shape index (κ1) is 23.4. The van der Waals surface area contributed by atoms with E-state index >= 15 is 0 Å². The Morgan fingerprint density at radius 2 is 0.850 bits per heavy atom. The summed E-state index contributed by atoms with van der Waals surface area (Å²) in [6.07, 6.45) is 6.66. The second-order valence-electron chi connectivity index (χ2n) is 2.14. The van der Waals surface area contributed by atoms with Gasteiger partial charge in [-0.05, 0) is 12.1 Å². The van der Waals surface area contributed by atoms with E-state index in [1.165, 1.54) is 18.2 Å². The van der Waals surface area contributed by atoms with Crippen LogP contribution in [0.4, 0.5) is 0 Å². The van der Waals surface area contributed by atoms with Gasteiger partial charge in [0, 0.05) is 24.8 Å². The molecule has 20 heavy (non-hydrogen) atoms. The Morgan fingerprint density at radius 3 is 1.05 bits per heavy atom. The van der Waals surface area contributed by atoms with Gasteiger partial charge in [0.15, 0.2) is 11.6 Å². The van der Waals surface area contributed by atoms with Crippen LogP contribution >= 0.6 is 9.53 Å². The molecule has 9 heteroatoms. The van der Waals surface area contributed by atoms with Crippen molar-refractivity contribution in [3.8, 4) is 11.6 Å². The number of hydrogen-bond acceptors (Lipinski definition) is 4. The summed E-state index contributed by atoms with van der Waals surface area (Å²) >= 11 is 1.19. The van der Waals surface area contributed by atoms with E-state index in [0.717, 1.165) is 0 Å². The minimum absolute atomic E-state index is 0.554. The monoisotopic (exact) mass is 464 g/mol. The second-order valence-corrected chi connectivity index (χ2v) is 2.14. The van der Waals surface area contributed by atoms with Gasteiger partial charge in [-0.3, -0.25) is 0 Å². The van der Waals surface area contributed by atoms with E-state index in [4.69, 9.17) is 23.5 Å². The molecule has 2 aromatic rings. The topological polar surface area (TPSA) is 111 Å². The summed E-state index contributed by atoms with van der Waals surface area (Å²) in [5.41, 5.74) is 0. The van der Waals surface area contributed by atoms with Crippen molar-refractivity contribution in [1.82, 2.24) is 19.9 Å². The molecule has 0 saturated carbocycles. The van der Waals surface area contributed by atoms with Crippen LogP contribution < -0.4 is 0 Å². The van der Waals surface area contributed by atoms with Gasteiger partial charge in [-0.1, -0.05) is 0 Å². The van der Waals surface area contributed by atoms with Crippen LogP contribution in [-0.4, -0.2) is 19.9 Å². The van der Waals surface area contributed by atoms with E-state index in [1.807, 2.05) is 0 Å². The molecule has 0 amide bonds. The average molecular weight is 464 g/mol. The number of hydrogen-bond donors (Lipinski definition) is 0. The predicted octanol–water partition coefficient (Wildman–Crippen LogP) is 1.51. The Kier molecular flexibility index (Phi) is 26.4. The molecule has 0 radical (unpaired) electrons. The van der Waals surface area contributed by atoms with Crippen LogP contribution in [0.3, 0.4) is 0 Å². The van der Waals surface area contributed by atoms with E-state index in [9.17, 15) is 0 Å². The standard InChI is InChI=1S/C8H6N4.3CO.ClH.Re/c1-3-9-7(10-4-1)8-11-5-2-6-12-8;3*1-2;;/h1-6H;;;;1H;/q;;;;;+1/p-1. The van der Waals surface area contributed by atoms with E-state index in [1.54, 1.807) is 36.9 Å². The fourth-order valence-corrected chi connectivity index (χ4v) is 0.829. The number of halogens is 1. The van der Waals surface area contributed by atoms with Crippen LogP contribution in [0.25, 0.3) is 11.6 Å². The molecule has 0 spiro atoms. The Hall–Kier alpha value is -1.67. The normalized spacial score (nSPS) is 6.40. The first-order chi connectivity index (χ1) is 9.97. The van der Waals surface area contributed by atoms with Crippen molar-refractivity contribution in [3.63, 3.8) is 0 Å². The van der Waals surface area contributed by atoms with E-state index in [-0.39, 0.29) is 0 Å². The molecule has 0 aliphatic rings. The van der Waals surface area contributed by atoms with Crippen molar-refractivity contribution in [1.29, 1.82) is 0 Å². The van der Waals surface area contributed by atoms with Crippen molar-refractivity contribution in [3.05, 3.63) is 56.9 Å². The Bertz CT molecular complexity index is 428. The van der Waals surface area contributed by atoms with Gasteiger partial charge in [-0.2, -0.15) is 0 Å². The van der Waals surface area contributed by atoms with Crippen LogP contribution in [0.1, 0.15) is 0 Å². The first-order valence-corrected chi connectivity index (χ1v) is 7.63. The van der Waals surface area contributed by atoms with Crippen LogP contribution in [0.15, 0.2) is 36.9 Å². The third kappa shape index (κ3) is 11.4. The van der Waals surface area contributed by atoms with Crippen molar-refractivity contribution in [2.24, 2.45) is 0 Å². The van der Waals surface area contributed by atoms with Gasteiger partial charge in [-0.25, -0.2) is 19.9 Å². The zero-order valence-corrected chi connectivity index (χ0v) is 13.2. The van der Waals surface area contributed by atoms with E-state index in [0.29, 0.717) is 11.6 Å². The van der Waals surface area contributed by atoms with Gasteiger partial charge in [0.1, 0.15) is 0 Å². The minimum atomic E-state index is 0.554. The molecule has 0 aromatic carbocycles. The molecule has 7 nitrogen and oxygen atoms in total. The van der Waals surface area contributed by atoms with E-state index in [2.05, 4.69) is 39.9 Å². The molecular formula is C11H6ClN4O3Re. The Balaban J connectivity index is -0.000000314. The largest absolute Gasteiger partial charge is 0.234 e. The van der Waals surface area contributed by atoms with Gasteiger partial charge in [0.25, 0.3) is 0 Å². The molecule has 0 saturated heterocycles. The van der Waals surface area contributed by atoms with Gasteiger partial charge in [0.05, 0.1) is 0 Å². The van der Waals surface area contributed by atoms with Crippen molar-refractivity contribution >= 4 is 9.53 Å². The Morgan fingerprint density at radius 1 is 0.650 bits per heavy atom. The SMILES string of the molecule is [C-]#[O+].[C-]#[O+].[C-]#[O+].[Cl][Re].c1cnc(-c2ncccn2)nc1. The van der Waals surface area contributed by atoms with Gasteiger partial charge >= 0.3 is 61.6 Å². The van der Waals surface area contributed by atoms with Crippen LogP contribution in [0, 0.1) is 20.0 Å². The predicted molar refractivity (Wildman–Crippen MR) is 60.7 cm³/mol. The average Bonchev–Trinajstić information content (AvgIpc) is 2.63. The number of rotatable bonds is 1. The zero-order chi connectivity index (χ0) is 16.2. The third-order valence-electron chi connectivity index (χ3n) is 1.33. The van der Waals surface area contributed by atoms with Crippen molar-refractivity contribution in [2.45, 2.75) is 0 Å². The molecule has 0 unspecified atom stereocenters. The smallest absolute Gasteiger partial charge is 0.197 e. The number of aromatic nitrogens is 4. The van der Waals surface area contributed by atoms with Gasteiger partial charge in [0.2, 0.25) is 0 Å². The molecule has 0 bridgehead atoms. The fourth-order valence-electron chi connectivity index (χ4n) is 0.829. The molecule has 2 heterocycles. The van der Waals surface area contributed by atoms with Crippen molar-refractivity contribution in [2.75, 3.05) is 0 Å². The van der Waals surface area contributed by atoms with Crippen molar-refractivity contribution < 1.29 is 32.1 Å². The maximum atomic E-state index is 7.50. The summed E-state index contributed by atoms with van der Waals surface area (Å²) < 4.78 is 22.5. The van der Waals surface area contributed by atoms with Crippen LogP contribution in [-0.2, 0) is 32.1 Å². The fraction of sp³-hybridized carbons (Fsp3) is 0. The molecule has 2 rings (SSSR count). The summed E-state index contributed by atoms with van der Waals surface area (Å²) in [5.74, 6) is 1.11. The van der Waals surface area contributed by atoms with Gasteiger partial charge in [-0.15, -0.1) is 0 Å². The van der Waals surface area contributed by atoms with Crippen LogP contribution in [0.2, 0.25) is 0 Å².